The standard InChI is InChI=1S/C14H9NO/c16-11-14-9-8-13(10-15-14)7-6-12-4-2-1-3-5-12/h1-5,8-11H. The highest BCUT2D eigenvalue weighted by Gasteiger charge is 1.90. The summed E-state index contributed by atoms with van der Waals surface area (Å²) < 4.78 is 0. The van der Waals surface area contributed by atoms with Gasteiger partial charge >= 0.3 is 0 Å². The van der Waals surface area contributed by atoms with Gasteiger partial charge in [-0.15, -0.1) is 0 Å². The molecule has 0 saturated carbocycles. The fourth-order valence-electron chi connectivity index (χ4n) is 1.21. The number of benzene rings is 1. The molecular formula is C14H9NO. The van der Waals surface area contributed by atoms with Gasteiger partial charge in [0.1, 0.15) is 5.69 Å². The molecule has 2 rings (SSSR count). The summed E-state index contributed by atoms with van der Waals surface area (Å²) in [6.07, 6.45) is 2.31. The van der Waals surface area contributed by atoms with Crippen LogP contribution in [-0.2, 0) is 0 Å². The number of carbonyl (C=O) groups excluding carboxylic acids is 1. The zero-order chi connectivity index (χ0) is 11.2. The maximum atomic E-state index is 10.4. The second-order valence-corrected chi connectivity index (χ2v) is 3.21. The third kappa shape index (κ3) is 2.55. The molecule has 0 atom stereocenters. The van der Waals surface area contributed by atoms with Crippen molar-refractivity contribution in [3.63, 3.8) is 0 Å². The van der Waals surface area contributed by atoms with E-state index >= 15 is 0 Å². The lowest BCUT2D eigenvalue weighted by Gasteiger charge is -1.90. The van der Waals surface area contributed by atoms with Crippen molar-refractivity contribution in [2.45, 2.75) is 0 Å². The Labute approximate surface area is 94.0 Å². The molecule has 0 N–H and O–H groups in total. The number of aldehydes is 1. The summed E-state index contributed by atoms with van der Waals surface area (Å²) in [7, 11) is 0. The van der Waals surface area contributed by atoms with Gasteiger partial charge in [-0.05, 0) is 24.3 Å². The van der Waals surface area contributed by atoms with Crippen molar-refractivity contribution in [3.8, 4) is 11.8 Å². The molecule has 0 amide bonds. The van der Waals surface area contributed by atoms with Crippen LogP contribution in [0.2, 0.25) is 0 Å². The molecule has 0 radical (unpaired) electrons. The van der Waals surface area contributed by atoms with Gasteiger partial charge in [0, 0.05) is 17.3 Å². The summed E-state index contributed by atoms with van der Waals surface area (Å²) >= 11 is 0. The zero-order valence-corrected chi connectivity index (χ0v) is 8.55. The Morgan fingerprint density at radius 2 is 1.69 bits per heavy atom. The fourth-order valence-corrected chi connectivity index (χ4v) is 1.21. The van der Waals surface area contributed by atoms with Crippen LogP contribution in [0.5, 0.6) is 0 Å². The molecule has 76 valence electrons. The van der Waals surface area contributed by atoms with E-state index in [4.69, 9.17) is 0 Å². The molecule has 2 aromatic rings. The van der Waals surface area contributed by atoms with Crippen LogP contribution in [-0.4, -0.2) is 11.3 Å². The maximum Gasteiger partial charge on any atom is 0.168 e. The largest absolute Gasteiger partial charge is 0.296 e. The molecular weight excluding hydrogens is 198 g/mol. The van der Waals surface area contributed by atoms with Gasteiger partial charge in [-0.2, -0.15) is 0 Å². The molecule has 0 unspecified atom stereocenters. The Bertz CT molecular complexity index is 532. The van der Waals surface area contributed by atoms with E-state index in [2.05, 4.69) is 16.8 Å². The number of aromatic nitrogens is 1. The van der Waals surface area contributed by atoms with E-state index < -0.39 is 0 Å². The average Bonchev–Trinajstić information content (AvgIpc) is 2.38. The fraction of sp³-hybridized carbons (Fsp3) is 0. The highest BCUT2D eigenvalue weighted by atomic mass is 16.1. The molecule has 0 spiro atoms. The molecule has 0 saturated heterocycles. The third-order valence-electron chi connectivity index (χ3n) is 2.03. The van der Waals surface area contributed by atoms with Gasteiger partial charge in [0.25, 0.3) is 0 Å². The molecule has 0 aliphatic heterocycles. The van der Waals surface area contributed by atoms with Crippen LogP contribution < -0.4 is 0 Å². The molecule has 0 bridgehead atoms. The summed E-state index contributed by atoms with van der Waals surface area (Å²) in [5.74, 6) is 6.00. The van der Waals surface area contributed by atoms with Crippen molar-refractivity contribution in [2.24, 2.45) is 0 Å². The summed E-state index contributed by atoms with van der Waals surface area (Å²) in [4.78, 5) is 14.3. The third-order valence-corrected chi connectivity index (χ3v) is 2.03. The minimum Gasteiger partial charge on any atom is -0.296 e. The number of pyridine rings is 1. The SMILES string of the molecule is O=Cc1ccc(C#Cc2ccccc2)cn1. The highest BCUT2D eigenvalue weighted by Crippen LogP contribution is 1.99. The predicted molar refractivity (Wildman–Crippen MR) is 62.0 cm³/mol. The molecule has 1 aromatic carbocycles. The summed E-state index contributed by atoms with van der Waals surface area (Å²) in [6.45, 7) is 0. The quantitative estimate of drug-likeness (QED) is 0.530. The highest BCUT2D eigenvalue weighted by molar-refractivity contribution is 5.71. The van der Waals surface area contributed by atoms with Crippen molar-refractivity contribution in [2.75, 3.05) is 0 Å². The van der Waals surface area contributed by atoms with Gasteiger partial charge in [0.15, 0.2) is 6.29 Å². The van der Waals surface area contributed by atoms with E-state index in [-0.39, 0.29) is 0 Å². The smallest absolute Gasteiger partial charge is 0.168 e. The van der Waals surface area contributed by atoms with Crippen LogP contribution in [0.1, 0.15) is 21.6 Å². The van der Waals surface area contributed by atoms with Gasteiger partial charge in [-0.3, -0.25) is 9.78 Å². The predicted octanol–water partition coefficient (Wildman–Crippen LogP) is 2.29. The average molecular weight is 207 g/mol. The molecule has 0 aliphatic rings. The topological polar surface area (TPSA) is 30.0 Å². The van der Waals surface area contributed by atoms with Crippen molar-refractivity contribution >= 4 is 6.29 Å². The Morgan fingerprint density at radius 3 is 2.31 bits per heavy atom. The monoisotopic (exact) mass is 207 g/mol. The molecule has 0 fully saturated rings. The first-order chi connectivity index (χ1) is 7.88. The van der Waals surface area contributed by atoms with Crippen LogP contribution in [0.15, 0.2) is 48.7 Å². The van der Waals surface area contributed by atoms with Crippen LogP contribution in [0.4, 0.5) is 0 Å². The van der Waals surface area contributed by atoms with Gasteiger partial charge in [-0.1, -0.05) is 30.0 Å². The molecule has 2 heteroatoms. The van der Waals surface area contributed by atoms with Crippen molar-refractivity contribution in [1.29, 1.82) is 0 Å². The first kappa shape index (κ1) is 10.1. The van der Waals surface area contributed by atoms with Crippen LogP contribution >= 0.6 is 0 Å². The van der Waals surface area contributed by atoms with E-state index in [0.29, 0.717) is 12.0 Å². The van der Waals surface area contributed by atoms with Crippen LogP contribution in [0, 0.1) is 11.8 Å². The number of carbonyl (C=O) groups is 1. The minimum atomic E-state index is 0.422. The first-order valence-corrected chi connectivity index (χ1v) is 4.87. The number of hydrogen-bond acceptors (Lipinski definition) is 2. The number of rotatable bonds is 1. The molecule has 2 nitrogen and oxygen atoms in total. The summed E-state index contributed by atoms with van der Waals surface area (Å²) in [6, 6.07) is 13.2. The van der Waals surface area contributed by atoms with Gasteiger partial charge in [0.05, 0.1) is 0 Å². The van der Waals surface area contributed by atoms with Crippen molar-refractivity contribution in [3.05, 3.63) is 65.5 Å². The summed E-state index contributed by atoms with van der Waals surface area (Å²) in [5.41, 5.74) is 2.18. The van der Waals surface area contributed by atoms with E-state index in [1.54, 1.807) is 18.3 Å². The second-order valence-electron chi connectivity index (χ2n) is 3.21. The van der Waals surface area contributed by atoms with Crippen molar-refractivity contribution in [1.82, 2.24) is 4.98 Å². The Hall–Kier alpha value is -2.40. The Morgan fingerprint density at radius 1 is 0.938 bits per heavy atom. The molecule has 0 aliphatic carbocycles. The maximum absolute atomic E-state index is 10.4. The van der Waals surface area contributed by atoms with Crippen molar-refractivity contribution < 1.29 is 4.79 Å². The van der Waals surface area contributed by atoms with Gasteiger partial charge < -0.3 is 0 Å². The Balaban J connectivity index is 2.21. The van der Waals surface area contributed by atoms with E-state index in [0.717, 1.165) is 11.1 Å². The van der Waals surface area contributed by atoms with Gasteiger partial charge in [-0.25, -0.2) is 0 Å². The number of hydrogen-bond donors (Lipinski definition) is 0. The second kappa shape index (κ2) is 4.90. The van der Waals surface area contributed by atoms with Gasteiger partial charge in [0.2, 0.25) is 0 Å². The molecule has 16 heavy (non-hydrogen) atoms. The molecule has 1 heterocycles. The lowest BCUT2D eigenvalue weighted by molar-refractivity contribution is 0.111. The van der Waals surface area contributed by atoms with E-state index in [1.807, 2.05) is 30.3 Å². The minimum absolute atomic E-state index is 0.422. The Kier molecular flexibility index (Phi) is 3.10. The van der Waals surface area contributed by atoms with E-state index in [1.165, 1.54) is 0 Å². The molecule has 1 aromatic heterocycles. The normalized spacial score (nSPS) is 9.00. The van der Waals surface area contributed by atoms with E-state index in [9.17, 15) is 4.79 Å². The summed E-state index contributed by atoms with van der Waals surface area (Å²) in [5, 5.41) is 0. The lowest BCUT2D eigenvalue weighted by atomic mass is 10.2. The number of nitrogens with zero attached hydrogens (tertiary/aromatic N) is 1. The van der Waals surface area contributed by atoms with Crippen LogP contribution in [0.3, 0.4) is 0 Å². The lowest BCUT2D eigenvalue weighted by Crippen LogP contribution is -1.86. The zero-order valence-electron chi connectivity index (χ0n) is 8.55. The first-order valence-electron chi connectivity index (χ1n) is 4.87. The van der Waals surface area contributed by atoms with Crippen LogP contribution in [0.25, 0.3) is 0 Å².